The van der Waals surface area contributed by atoms with Gasteiger partial charge in [-0.2, -0.15) is 0 Å². The highest BCUT2D eigenvalue weighted by atomic mass is 16.2. The van der Waals surface area contributed by atoms with Crippen molar-refractivity contribution in [2.75, 3.05) is 0 Å². The smallest absolute Gasteiger partial charge is 0.241 e. The first-order valence-corrected chi connectivity index (χ1v) is 7.80. The van der Waals surface area contributed by atoms with Gasteiger partial charge in [0.2, 0.25) is 5.91 Å². The van der Waals surface area contributed by atoms with Crippen molar-refractivity contribution in [3.8, 4) is 0 Å². The van der Waals surface area contributed by atoms with E-state index in [2.05, 4.69) is 24.1 Å². The summed E-state index contributed by atoms with van der Waals surface area (Å²) < 4.78 is 0. The topological polar surface area (TPSA) is 32.3 Å². The Morgan fingerprint density at radius 1 is 1.28 bits per heavy atom. The fourth-order valence-electron chi connectivity index (χ4n) is 3.67. The minimum Gasteiger partial charge on any atom is -0.323 e. The van der Waals surface area contributed by atoms with Gasteiger partial charge in [0.05, 0.1) is 12.2 Å². The van der Waals surface area contributed by atoms with Crippen molar-refractivity contribution in [3.05, 3.63) is 0 Å². The lowest BCUT2D eigenvalue weighted by Gasteiger charge is -2.29. The van der Waals surface area contributed by atoms with Gasteiger partial charge in [-0.15, -0.1) is 0 Å². The molecule has 18 heavy (non-hydrogen) atoms. The molecule has 3 atom stereocenters. The molecule has 1 amide bonds. The average Bonchev–Trinajstić information content (AvgIpc) is 2.94. The molecule has 3 unspecified atom stereocenters. The molecule has 3 fully saturated rings. The fourth-order valence-corrected chi connectivity index (χ4v) is 3.67. The second kappa shape index (κ2) is 4.84. The summed E-state index contributed by atoms with van der Waals surface area (Å²) in [7, 11) is 0. The van der Waals surface area contributed by atoms with Crippen LogP contribution in [0.15, 0.2) is 0 Å². The molecule has 0 bridgehead atoms. The van der Waals surface area contributed by atoms with Gasteiger partial charge in [-0.3, -0.25) is 10.1 Å². The number of nitrogens with zero attached hydrogens (tertiary/aromatic N) is 1. The molecule has 3 aliphatic rings. The molecule has 3 nitrogen and oxygen atoms in total. The number of carbonyl (C=O) groups excluding carboxylic acids is 1. The summed E-state index contributed by atoms with van der Waals surface area (Å²) >= 11 is 0. The maximum Gasteiger partial charge on any atom is 0.241 e. The molecule has 2 aliphatic carbocycles. The van der Waals surface area contributed by atoms with Crippen molar-refractivity contribution in [1.29, 1.82) is 0 Å². The molecule has 102 valence electrons. The van der Waals surface area contributed by atoms with Crippen molar-refractivity contribution in [3.63, 3.8) is 0 Å². The van der Waals surface area contributed by atoms with Crippen LogP contribution in [0.3, 0.4) is 0 Å². The van der Waals surface area contributed by atoms with E-state index in [1.54, 1.807) is 0 Å². The second-order valence-corrected chi connectivity index (χ2v) is 6.50. The average molecular weight is 250 g/mol. The zero-order valence-electron chi connectivity index (χ0n) is 11.7. The minimum absolute atomic E-state index is 0.0844. The number of rotatable bonds is 4. The summed E-state index contributed by atoms with van der Waals surface area (Å²) in [5.74, 6) is 1.57. The van der Waals surface area contributed by atoms with Gasteiger partial charge in [-0.25, -0.2) is 0 Å². The van der Waals surface area contributed by atoms with Crippen LogP contribution in [0.25, 0.3) is 0 Å². The monoisotopic (exact) mass is 250 g/mol. The molecule has 0 aromatic carbocycles. The quantitative estimate of drug-likeness (QED) is 0.831. The Morgan fingerprint density at radius 2 is 1.94 bits per heavy atom. The lowest BCUT2D eigenvalue weighted by atomic mass is 9.99. The lowest BCUT2D eigenvalue weighted by molar-refractivity contribution is -0.132. The predicted octanol–water partition coefficient (Wildman–Crippen LogP) is 2.51. The number of carbonyl (C=O) groups is 1. The first-order chi connectivity index (χ1) is 8.72. The molecule has 1 aliphatic heterocycles. The second-order valence-electron chi connectivity index (χ2n) is 6.50. The summed E-state index contributed by atoms with van der Waals surface area (Å²) in [5, 5.41) is 3.68. The van der Waals surface area contributed by atoms with Gasteiger partial charge in [0, 0.05) is 6.04 Å². The van der Waals surface area contributed by atoms with Crippen LogP contribution in [0, 0.1) is 11.8 Å². The third-order valence-corrected chi connectivity index (χ3v) is 5.17. The first-order valence-electron chi connectivity index (χ1n) is 7.80. The first kappa shape index (κ1) is 12.5. The Balaban J connectivity index is 1.77. The van der Waals surface area contributed by atoms with Crippen LogP contribution in [-0.4, -0.2) is 29.1 Å². The van der Waals surface area contributed by atoms with Crippen molar-refractivity contribution < 1.29 is 4.79 Å². The van der Waals surface area contributed by atoms with Crippen LogP contribution in [0.5, 0.6) is 0 Å². The summed E-state index contributed by atoms with van der Waals surface area (Å²) in [4.78, 5) is 14.8. The molecule has 0 radical (unpaired) electrons. The highest BCUT2D eigenvalue weighted by molar-refractivity contribution is 5.85. The van der Waals surface area contributed by atoms with E-state index in [9.17, 15) is 4.79 Å². The van der Waals surface area contributed by atoms with E-state index >= 15 is 0 Å². The van der Waals surface area contributed by atoms with Crippen molar-refractivity contribution in [2.24, 2.45) is 11.8 Å². The number of hydrogen-bond donors (Lipinski definition) is 1. The normalized spacial score (nSPS) is 35.4. The van der Waals surface area contributed by atoms with E-state index in [4.69, 9.17) is 0 Å². The Morgan fingerprint density at radius 3 is 2.50 bits per heavy atom. The molecule has 0 spiro atoms. The third-order valence-electron chi connectivity index (χ3n) is 5.17. The SMILES string of the molecule is CCC(C)C1NC(C2CCCC2)N(C2CC2)C1=O. The van der Waals surface area contributed by atoms with E-state index in [1.165, 1.54) is 38.5 Å². The van der Waals surface area contributed by atoms with Crippen molar-refractivity contribution >= 4 is 5.91 Å². The van der Waals surface area contributed by atoms with Crippen LogP contribution in [0.1, 0.15) is 58.8 Å². The Bertz CT molecular complexity index is 320. The standard InChI is InChI=1S/C15H26N2O/c1-3-10(2)13-15(18)17(12-8-9-12)14(16-13)11-6-4-5-7-11/h10-14,16H,3-9H2,1-2H3. The maximum absolute atomic E-state index is 12.6. The number of hydrogen-bond acceptors (Lipinski definition) is 2. The van der Waals surface area contributed by atoms with Gasteiger partial charge >= 0.3 is 0 Å². The largest absolute Gasteiger partial charge is 0.323 e. The van der Waals surface area contributed by atoms with Crippen LogP contribution < -0.4 is 5.32 Å². The van der Waals surface area contributed by atoms with E-state index < -0.39 is 0 Å². The molecule has 1 heterocycles. The van der Waals surface area contributed by atoms with Gasteiger partial charge in [-0.05, 0) is 37.5 Å². The Hall–Kier alpha value is -0.570. The Kier molecular flexibility index (Phi) is 3.35. The predicted molar refractivity (Wildman–Crippen MR) is 72.0 cm³/mol. The van der Waals surface area contributed by atoms with Crippen LogP contribution in [-0.2, 0) is 4.79 Å². The summed E-state index contributed by atoms with van der Waals surface area (Å²) in [6.45, 7) is 4.39. The van der Waals surface area contributed by atoms with Crippen LogP contribution >= 0.6 is 0 Å². The van der Waals surface area contributed by atoms with Gasteiger partial charge in [0.1, 0.15) is 0 Å². The number of amides is 1. The molecule has 3 rings (SSSR count). The third kappa shape index (κ3) is 2.07. The Labute approximate surface area is 110 Å². The molecule has 3 heteroatoms. The molecule has 0 aromatic rings. The molecule has 1 N–H and O–H groups in total. The molecular formula is C15H26N2O. The molecular weight excluding hydrogens is 224 g/mol. The van der Waals surface area contributed by atoms with Crippen LogP contribution in [0.4, 0.5) is 0 Å². The number of nitrogens with one attached hydrogen (secondary N) is 1. The van der Waals surface area contributed by atoms with Gasteiger partial charge in [0.15, 0.2) is 0 Å². The highest BCUT2D eigenvalue weighted by Gasteiger charge is 2.49. The summed E-state index contributed by atoms with van der Waals surface area (Å²) in [5.41, 5.74) is 0. The lowest BCUT2D eigenvalue weighted by Crippen LogP contribution is -2.44. The maximum atomic E-state index is 12.6. The zero-order chi connectivity index (χ0) is 12.7. The van der Waals surface area contributed by atoms with Crippen LogP contribution in [0.2, 0.25) is 0 Å². The van der Waals surface area contributed by atoms with E-state index in [0.29, 0.717) is 30.0 Å². The van der Waals surface area contributed by atoms with Gasteiger partial charge in [-0.1, -0.05) is 33.1 Å². The van der Waals surface area contributed by atoms with Crippen molar-refractivity contribution in [1.82, 2.24) is 10.2 Å². The minimum atomic E-state index is 0.0844. The van der Waals surface area contributed by atoms with Crippen molar-refractivity contribution in [2.45, 2.75) is 77.0 Å². The highest BCUT2D eigenvalue weighted by Crippen LogP contribution is 2.39. The van der Waals surface area contributed by atoms with E-state index in [1.807, 2.05) is 0 Å². The summed E-state index contributed by atoms with van der Waals surface area (Å²) in [6, 6.07) is 0.644. The summed E-state index contributed by atoms with van der Waals surface area (Å²) in [6.07, 6.45) is 9.20. The van der Waals surface area contributed by atoms with Gasteiger partial charge < -0.3 is 4.90 Å². The van der Waals surface area contributed by atoms with E-state index in [0.717, 1.165) is 6.42 Å². The molecule has 2 saturated carbocycles. The fraction of sp³-hybridized carbons (Fsp3) is 0.933. The molecule has 0 aromatic heterocycles. The van der Waals surface area contributed by atoms with E-state index in [-0.39, 0.29) is 6.04 Å². The molecule has 1 saturated heterocycles. The van der Waals surface area contributed by atoms with Gasteiger partial charge in [0.25, 0.3) is 0 Å². The zero-order valence-corrected chi connectivity index (χ0v) is 11.7.